The van der Waals surface area contributed by atoms with Crippen molar-refractivity contribution in [3.63, 3.8) is 0 Å². The van der Waals surface area contributed by atoms with Gasteiger partial charge in [-0.05, 0) is 34.8 Å². The van der Waals surface area contributed by atoms with Crippen molar-refractivity contribution in [3.8, 4) is 11.5 Å². The molecular formula is C21H15F3O2S. The second kappa shape index (κ2) is 6.09. The number of hydrogen-bond acceptors (Lipinski definition) is 3. The van der Waals surface area contributed by atoms with Gasteiger partial charge in [-0.25, -0.2) is 0 Å². The predicted octanol–water partition coefficient (Wildman–Crippen LogP) is 5.93. The molecule has 0 saturated heterocycles. The van der Waals surface area contributed by atoms with Crippen LogP contribution in [0.1, 0.15) is 17.0 Å². The van der Waals surface area contributed by atoms with E-state index in [0.29, 0.717) is 12.4 Å². The van der Waals surface area contributed by atoms with E-state index in [-0.39, 0.29) is 28.7 Å². The maximum Gasteiger partial charge on any atom is 0.446 e. The zero-order chi connectivity index (χ0) is 18.6. The van der Waals surface area contributed by atoms with Gasteiger partial charge in [-0.2, -0.15) is 13.2 Å². The fraction of sp³-hybridized carbons (Fsp3) is 0.238. The molecule has 0 fully saturated rings. The van der Waals surface area contributed by atoms with Crippen LogP contribution in [0.15, 0.2) is 59.5 Å². The van der Waals surface area contributed by atoms with Gasteiger partial charge in [0.25, 0.3) is 0 Å². The third-order valence-electron chi connectivity index (χ3n) is 5.14. The summed E-state index contributed by atoms with van der Waals surface area (Å²) >= 11 is -0.120. The number of thioether (sulfide) groups is 1. The van der Waals surface area contributed by atoms with Crippen molar-refractivity contribution < 1.29 is 22.6 Å². The number of halogens is 3. The minimum atomic E-state index is -4.30. The molecule has 0 bridgehead atoms. The average molecular weight is 388 g/mol. The molecule has 0 radical (unpaired) electrons. The van der Waals surface area contributed by atoms with Crippen molar-refractivity contribution in [1.29, 1.82) is 0 Å². The van der Waals surface area contributed by atoms with Crippen molar-refractivity contribution >= 4 is 22.5 Å². The highest BCUT2D eigenvalue weighted by Crippen LogP contribution is 2.46. The monoisotopic (exact) mass is 388 g/mol. The van der Waals surface area contributed by atoms with Crippen LogP contribution in [0.5, 0.6) is 11.5 Å². The lowest BCUT2D eigenvalue weighted by molar-refractivity contribution is -0.0328. The van der Waals surface area contributed by atoms with Crippen LogP contribution in [0.2, 0.25) is 0 Å². The molecule has 0 aliphatic carbocycles. The highest BCUT2D eigenvalue weighted by Gasteiger charge is 2.38. The van der Waals surface area contributed by atoms with Crippen LogP contribution in [0, 0.1) is 0 Å². The van der Waals surface area contributed by atoms with Crippen LogP contribution in [0.4, 0.5) is 13.2 Å². The lowest BCUT2D eigenvalue weighted by atomic mass is 9.92. The molecule has 2 nitrogen and oxygen atoms in total. The average Bonchev–Trinajstić information content (AvgIpc) is 3.23. The summed E-state index contributed by atoms with van der Waals surface area (Å²) in [5.74, 6) is 1.45. The Kier molecular flexibility index (Phi) is 3.79. The Morgan fingerprint density at radius 3 is 2.70 bits per heavy atom. The second-order valence-corrected chi connectivity index (χ2v) is 7.94. The molecule has 138 valence electrons. The van der Waals surface area contributed by atoms with Crippen LogP contribution in [-0.4, -0.2) is 18.2 Å². The maximum atomic E-state index is 12.6. The van der Waals surface area contributed by atoms with E-state index in [2.05, 4.69) is 24.3 Å². The van der Waals surface area contributed by atoms with Gasteiger partial charge in [-0.3, -0.25) is 0 Å². The fourth-order valence-corrected chi connectivity index (χ4v) is 4.51. The summed E-state index contributed by atoms with van der Waals surface area (Å²) < 4.78 is 49.8. The number of alkyl halides is 3. The quantitative estimate of drug-likeness (QED) is 0.507. The van der Waals surface area contributed by atoms with Gasteiger partial charge in [0.15, 0.2) is 0 Å². The van der Waals surface area contributed by atoms with Crippen molar-refractivity contribution in [3.05, 3.63) is 65.7 Å². The zero-order valence-corrected chi connectivity index (χ0v) is 14.9. The first kappa shape index (κ1) is 16.8. The molecule has 0 spiro atoms. The van der Waals surface area contributed by atoms with E-state index in [4.69, 9.17) is 9.47 Å². The van der Waals surface area contributed by atoms with E-state index in [1.54, 1.807) is 6.07 Å². The molecule has 0 aromatic heterocycles. The van der Waals surface area contributed by atoms with Crippen LogP contribution < -0.4 is 9.47 Å². The molecule has 0 saturated carbocycles. The topological polar surface area (TPSA) is 18.5 Å². The molecule has 0 amide bonds. The van der Waals surface area contributed by atoms with Gasteiger partial charge in [-0.15, -0.1) is 0 Å². The highest BCUT2D eigenvalue weighted by molar-refractivity contribution is 8.00. The van der Waals surface area contributed by atoms with E-state index < -0.39 is 5.51 Å². The summed E-state index contributed by atoms with van der Waals surface area (Å²) in [5.41, 5.74) is -2.22. The molecule has 2 aliphatic heterocycles. The van der Waals surface area contributed by atoms with Gasteiger partial charge < -0.3 is 9.47 Å². The van der Waals surface area contributed by atoms with E-state index in [1.807, 2.05) is 12.1 Å². The zero-order valence-electron chi connectivity index (χ0n) is 14.1. The molecule has 6 heteroatoms. The lowest BCUT2D eigenvalue weighted by Crippen LogP contribution is -2.24. The smallest absolute Gasteiger partial charge is 0.446 e. The summed E-state index contributed by atoms with van der Waals surface area (Å²) in [6.07, 6.45) is 0.695. The summed E-state index contributed by atoms with van der Waals surface area (Å²) in [4.78, 5) is 0.142. The van der Waals surface area contributed by atoms with Gasteiger partial charge in [0.05, 0.1) is 12.5 Å². The van der Waals surface area contributed by atoms with Gasteiger partial charge >= 0.3 is 5.51 Å². The highest BCUT2D eigenvalue weighted by atomic mass is 32.2. The van der Waals surface area contributed by atoms with Crippen LogP contribution >= 0.6 is 11.8 Å². The third kappa shape index (κ3) is 3.02. The molecule has 2 heterocycles. The molecule has 0 N–H and O–H groups in total. The largest absolute Gasteiger partial charge is 0.492 e. The van der Waals surface area contributed by atoms with E-state index in [1.165, 1.54) is 12.1 Å². The summed E-state index contributed by atoms with van der Waals surface area (Å²) in [6.45, 7) is 0.423. The predicted molar refractivity (Wildman–Crippen MR) is 98.7 cm³/mol. The van der Waals surface area contributed by atoms with Crippen molar-refractivity contribution in [2.45, 2.75) is 28.8 Å². The molecule has 2 atom stereocenters. The third-order valence-corrected chi connectivity index (χ3v) is 5.86. The Hall–Kier alpha value is -2.34. The molecule has 2 aliphatic rings. The molecule has 2 unspecified atom stereocenters. The first-order chi connectivity index (χ1) is 13.0. The Bertz CT molecular complexity index is 1030. The van der Waals surface area contributed by atoms with E-state index in [0.717, 1.165) is 34.1 Å². The molecule has 3 aromatic rings. The minimum absolute atomic E-state index is 0.0103. The minimum Gasteiger partial charge on any atom is -0.492 e. The Labute approximate surface area is 158 Å². The summed E-state index contributed by atoms with van der Waals surface area (Å²) in [5, 5.41) is 2.22. The molecule has 3 aromatic carbocycles. The number of benzene rings is 3. The van der Waals surface area contributed by atoms with Gasteiger partial charge in [-0.1, -0.05) is 42.5 Å². The Morgan fingerprint density at radius 2 is 1.85 bits per heavy atom. The van der Waals surface area contributed by atoms with E-state index in [9.17, 15) is 13.2 Å². The van der Waals surface area contributed by atoms with Crippen molar-refractivity contribution in [2.75, 3.05) is 6.61 Å². The van der Waals surface area contributed by atoms with Gasteiger partial charge in [0.2, 0.25) is 0 Å². The van der Waals surface area contributed by atoms with Gasteiger partial charge in [0, 0.05) is 22.3 Å². The van der Waals surface area contributed by atoms with E-state index >= 15 is 0 Å². The van der Waals surface area contributed by atoms with Crippen molar-refractivity contribution in [1.82, 2.24) is 0 Å². The molecule has 27 heavy (non-hydrogen) atoms. The normalized spacial score (nSPS) is 20.9. The lowest BCUT2D eigenvalue weighted by Gasteiger charge is -2.18. The summed E-state index contributed by atoms with van der Waals surface area (Å²) in [7, 11) is 0. The standard InChI is InChI=1S/C21H15F3O2S/c22-21(23,24)27-14-7-8-16-17(11-25-18(16)10-14)19-9-13-6-5-12-3-1-2-4-15(12)20(13)26-19/h1-8,10,17,19H,9,11H2. The number of ether oxygens (including phenoxy) is 2. The molecular weight excluding hydrogens is 373 g/mol. The number of hydrogen-bond donors (Lipinski definition) is 0. The van der Waals surface area contributed by atoms with Crippen molar-refractivity contribution in [2.24, 2.45) is 0 Å². The SMILES string of the molecule is FC(F)(F)Sc1ccc2c(c1)OCC2C1Cc2ccc3ccccc3c2O1. The second-order valence-electron chi connectivity index (χ2n) is 6.80. The fourth-order valence-electron chi connectivity index (χ4n) is 3.94. The number of fused-ring (bicyclic) bond motifs is 4. The maximum absolute atomic E-state index is 12.6. The first-order valence-electron chi connectivity index (χ1n) is 8.68. The van der Waals surface area contributed by atoms with Crippen LogP contribution in [0.3, 0.4) is 0 Å². The number of rotatable bonds is 2. The van der Waals surface area contributed by atoms with Gasteiger partial charge in [0.1, 0.15) is 17.6 Å². The molecule has 5 rings (SSSR count). The summed E-state index contributed by atoms with van der Waals surface area (Å²) in [6, 6.07) is 17.0. The Balaban J connectivity index is 1.42. The van der Waals surface area contributed by atoms with Crippen LogP contribution in [0.25, 0.3) is 10.8 Å². The first-order valence-corrected chi connectivity index (χ1v) is 9.49. The van der Waals surface area contributed by atoms with Crippen LogP contribution in [-0.2, 0) is 6.42 Å². The Morgan fingerprint density at radius 1 is 1.00 bits per heavy atom.